The first-order valence-corrected chi connectivity index (χ1v) is 6.79. The zero-order chi connectivity index (χ0) is 11.4. The molecule has 0 aromatic heterocycles. The normalized spacial score (nSPS) is 17.0. The highest BCUT2D eigenvalue weighted by Gasteiger charge is 2.15. The lowest BCUT2D eigenvalue weighted by Gasteiger charge is -2.20. The highest BCUT2D eigenvalue weighted by Crippen LogP contribution is 2.22. The van der Waals surface area contributed by atoms with Gasteiger partial charge in [0.2, 0.25) is 0 Å². The van der Waals surface area contributed by atoms with Crippen molar-refractivity contribution in [1.82, 2.24) is 5.32 Å². The number of thioether (sulfide) groups is 1. The van der Waals surface area contributed by atoms with Gasteiger partial charge in [-0.05, 0) is 24.5 Å². The van der Waals surface area contributed by atoms with Gasteiger partial charge in [-0.2, -0.15) is 0 Å². The number of amidine groups is 1. The summed E-state index contributed by atoms with van der Waals surface area (Å²) in [5.41, 5.74) is 2.74. The lowest BCUT2D eigenvalue weighted by molar-refractivity contribution is 0.626. The Labute approximate surface area is 102 Å². The van der Waals surface area contributed by atoms with Gasteiger partial charge in [0.25, 0.3) is 0 Å². The second kappa shape index (κ2) is 5.39. The number of rotatable bonds is 3. The minimum absolute atomic E-state index is 0.394. The van der Waals surface area contributed by atoms with Crippen molar-refractivity contribution in [2.24, 2.45) is 4.99 Å². The van der Waals surface area contributed by atoms with E-state index in [1.54, 1.807) is 0 Å². The van der Waals surface area contributed by atoms with Crippen LogP contribution < -0.4 is 5.32 Å². The quantitative estimate of drug-likeness (QED) is 0.869. The van der Waals surface area contributed by atoms with Crippen LogP contribution in [0.2, 0.25) is 0 Å². The van der Waals surface area contributed by atoms with Gasteiger partial charge in [-0.25, -0.2) is 0 Å². The lowest BCUT2D eigenvalue weighted by Crippen LogP contribution is -2.25. The van der Waals surface area contributed by atoms with Crippen LogP contribution in [0, 0.1) is 6.92 Å². The Kier molecular flexibility index (Phi) is 3.88. The molecule has 2 nitrogen and oxygen atoms in total. The molecule has 86 valence electrons. The second-order valence-electron chi connectivity index (χ2n) is 4.00. The number of nitrogens with zero attached hydrogens (tertiary/aromatic N) is 1. The summed E-state index contributed by atoms with van der Waals surface area (Å²) in [5.74, 6) is 1.12. The molecule has 1 aliphatic heterocycles. The summed E-state index contributed by atoms with van der Waals surface area (Å²) in [7, 11) is 0. The average molecular weight is 234 g/mol. The van der Waals surface area contributed by atoms with Gasteiger partial charge < -0.3 is 5.32 Å². The molecule has 1 unspecified atom stereocenters. The van der Waals surface area contributed by atoms with Crippen LogP contribution in [0.1, 0.15) is 30.5 Å². The third-order valence-electron chi connectivity index (χ3n) is 2.86. The van der Waals surface area contributed by atoms with Crippen molar-refractivity contribution in [1.29, 1.82) is 0 Å². The van der Waals surface area contributed by atoms with Gasteiger partial charge in [-0.15, -0.1) is 0 Å². The highest BCUT2D eigenvalue weighted by molar-refractivity contribution is 8.14. The summed E-state index contributed by atoms with van der Waals surface area (Å²) in [6.07, 6.45) is 1.09. The molecule has 2 rings (SSSR count). The van der Waals surface area contributed by atoms with Crippen molar-refractivity contribution < 1.29 is 0 Å². The summed E-state index contributed by atoms with van der Waals surface area (Å²) in [6.45, 7) is 5.34. The molecular formula is C13H18N2S. The molecule has 0 saturated heterocycles. The number of aliphatic imine (C=N–C) groups is 1. The van der Waals surface area contributed by atoms with Gasteiger partial charge in [0, 0.05) is 5.75 Å². The molecule has 1 aromatic rings. The van der Waals surface area contributed by atoms with E-state index < -0.39 is 0 Å². The lowest BCUT2D eigenvalue weighted by atomic mass is 10.00. The Bertz CT molecular complexity index is 387. The number of benzene rings is 1. The first kappa shape index (κ1) is 11.5. The zero-order valence-corrected chi connectivity index (χ0v) is 10.7. The Morgan fingerprint density at radius 2 is 2.25 bits per heavy atom. The Morgan fingerprint density at radius 3 is 2.88 bits per heavy atom. The van der Waals surface area contributed by atoms with Crippen molar-refractivity contribution in [3.63, 3.8) is 0 Å². The van der Waals surface area contributed by atoms with Crippen LogP contribution in [0.25, 0.3) is 0 Å². The van der Waals surface area contributed by atoms with Crippen molar-refractivity contribution in [2.75, 3.05) is 12.3 Å². The monoisotopic (exact) mass is 234 g/mol. The third kappa shape index (κ3) is 2.59. The molecule has 0 aliphatic carbocycles. The van der Waals surface area contributed by atoms with Crippen molar-refractivity contribution in [3.8, 4) is 0 Å². The van der Waals surface area contributed by atoms with E-state index >= 15 is 0 Å². The predicted octanol–water partition coefficient (Wildman–Crippen LogP) is 3.14. The number of aryl methyl sites for hydroxylation is 1. The fourth-order valence-corrected chi connectivity index (χ4v) is 2.73. The molecule has 1 N–H and O–H groups in total. The second-order valence-corrected chi connectivity index (χ2v) is 5.08. The Hall–Kier alpha value is -0.960. The van der Waals surface area contributed by atoms with Crippen LogP contribution in [0.5, 0.6) is 0 Å². The van der Waals surface area contributed by atoms with Gasteiger partial charge in [0.1, 0.15) is 0 Å². The molecule has 16 heavy (non-hydrogen) atoms. The zero-order valence-electron chi connectivity index (χ0n) is 9.86. The van der Waals surface area contributed by atoms with Crippen LogP contribution in [0.15, 0.2) is 29.3 Å². The predicted molar refractivity (Wildman–Crippen MR) is 72.1 cm³/mol. The Morgan fingerprint density at radius 1 is 1.44 bits per heavy atom. The summed E-state index contributed by atoms with van der Waals surface area (Å²) >= 11 is 1.83. The van der Waals surface area contributed by atoms with E-state index in [0.717, 1.165) is 23.9 Å². The standard InChI is InChI=1S/C13H18N2S/c1-3-12(15-13-14-8-9-16-13)11-7-5-4-6-10(11)2/h4-7,12H,3,8-9H2,1-2H3,(H,14,15). The average Bonchev–Trinajstić information content (AvgIpc) is 2.80. The van der Waals surface area contributed by atoms with Crippen LogP contribution in [-0.4, -0.2) is 17.5 Å². The van der Waals surface area contributed by atoms with Crippen LogP contribution >= 0.6 is 11.8 Å². The van der Waals surface area contributed by atoms with Gasteiger partial charge in [0.15, 0.2) is 5.17 Å². The van der Waals surface area contributed by atoms with Gasteiger partial charge in [0.05, 0.1) is 12.6 Å². The molecule has 0 spiro atoms. The maximum Gasteiger partial charge on any atom is 0.157 e. The minimum Gasteiger partial charge on any atom is -0.358 e. The van der Waals surface area contributed by atoms with E-state index in [0.29, 0.717) is 6.04 Å². The topological polar surface area (TPSA) is 24.4 Å². The van der Waals surface area contributed by atoms with E-state index in [2.05, 4.69) is 48.4 Å². The third-order valence-corrected chi connectivity index (χ3v) is 3.76. The summed E-state index contributed by atoms with van der Waals surface area (Å²) in [4.78, 5) is 4.45. The number of hydrogen-bond acceptors (Lipinski definition) is 3. The summed E-state index contributed by atoms with van der Waals surface area (Å²) < 4.78 is 0. The first-order chi connectivity index (χ1) is 7.81. The summed E-state index contributed by atoms with van der Waals surface area (Å²) in [6, 6.07) is 8.97. The van der Waals surface area contributed by atoms with E-state index in [9.17, 15) is 0 Å². The molecule has 1 atom stereocenters. The molecular weight excluding hydrogens is 216 g/mol. The molecule has 0 fully saturated rings. The smallest absolute Gasteiger partial charge is 0.157 e. The summed E-state index contributed by atoms with van der Waals surface area (Å²) in [5, 5.41) is 4.64. The van der Waals surface area contributed by atoms with Crippen LogP contribution in [-0.2, 0) is 0 Å². The fraction of sp³-hybridized carbons (Fsp3) is 0.462. The molecule has 0 saturated carbocycles. The van der Waals surface area contributed by atoms with Crippen molar-refractivity contribution in [3.05, 3.63) is 35.4 Å². The molecule has 0 radical (unpaired) electrons. The SMILES string of the molecule is CCC(NC1=NCCS1)c1ccccc1C. The maximum absolute atomic E-state index is 4.45. The van der Waals surface area contributed by atoms with Gasteiger partial charge in [-0.1, -0.05) is 43.0 Å². The molecule has 0 bridgehead atoms. The van der Waals surface area contributed by atoms with Crippen molar-refractivity contribution in [2.45, 2.75) is 26.3 Å². The van der Waals surface area contributed by atoms with Crippen LogP contribution in [0.4, 0.5) is 0 Å². The largest absolute Gasteiger partial charge is 0.358 e. The molecule has 1 aromatic carbocycles. The minimum atomic E-state index is 0.394. The van der Waals surface area contributed by atoms with Crippen molar-refractivity contribution >= 4 is 16.9 Å². The number of hydrogen-bond donors (Lipinski definition) is 1. The van der Waals surface area contributed by atoms with Gasteiger partial charge in [-0.3, -0.25) is 4.99 Å². The fourth-order valence-electron chi connectivity index (χ4n) is 1.95. The van der Waals surface area contributed by atoms with E-state index in [4.69, 9.17) is 0 Å². The molecule has 3 heteroatoms. The molecule has 1 aliphatic rings. The first-order valence-electron chi connectivity index (χ1n) is 5.80. The van der Waals surface area contributed by atoms with E-state index in [1.807, 2.05) is 11.8 Å². The van der Waals surface area contributed by atoms with E-state index in [1.165, 1.54) is 11.1 Å². The molecule has 0 amide bonds. The highest BCUT2D eigenvalue weighted by atomic mass is 32.2. The number of nitrogens with one attached hydrogen (secondary N) is 1. The molecule has 1 heterocycles. The van der Waals surface area contributed by atoms with Crippen LogP contribution in [0.3, 0.4) is 0 Å². The van der Waals surface area contributed by atoms with Gasteiger partial charge >= 0.3 is 0 Å². The Balaban J connectivity index is 2.13. The maximum atomic E-state index is 4.45. The van der Waals surface area contributed by atoms with E-state index in [-0.39, 0.29) is 0 Å².